The van der Waals surface area contributed by atoms with Gasteiger partial charge in [-0.2, -0.15) is 0 Å². The van der Waals surface area contributed by atoms with E-state index in [2.05, 4.69) is 256 Å². The van der Waals surface area contributed by atoms with Crippen LogP contribution in [0.5, 0.6) is 0 Å². The Bertz CT molecular complexity index is 3430. The lowest BCUT2D eigenvalue weighted by molar-refractivity contribution is 1.10. The molecular formula is C75H90. The highest BCUT2D eigenvalue weighted by molar-refractivity contribution is 5.93. The zero-order valence-electron chi connectivity index (χ0n) is 49.0. The lowest BCUT2D eigenvalue weighted by Crippen LogP contribution is -1.93. The van der Waals surface area contributed by atoms with Crippen LogP contribution in [-0.4, -0.2) is 0 Å². The van der Waals surface area contributed by atoms with E-state index in [1.165, 1.54) is 137 Å². The van der Waals surface area contributed by atoms with Gasteiger partial charge in [-0.3, -0.25) is 0 Å². The molecule has 0 aromatic heterocycles. The quantitative estimate of drug-likeness (QED) is 0.128. The Labute approximate surface area is 454 Å². The Morgan fingerprint density at radius 1 is 0.240 bits per heavy atom. The molecule has 0 fully saturated rings. The Morgan fingerprint density at radius 2 is 0.707 bits per heavy atom. The summed E-state index contributed by atoms with van der Waals surface area (Å²) in [5.74, 6) is 0. The first-order valence-corrected chi connectivity index (χ1v) is 28.9. The molecule has 0 spiro atoms. The van der Waals surface area contributed by atoms with Crippen molar-refractivity contribution in [3.05, 3.63) is 235 Å². The van der Waals surface area contributed by atoms with Gasteiger partial charge in [0.1, 0.15) is 0 Å². The second kappa shape index (κ2) is 27.9. The summed E-state index contributed by atoms with van der Waals surface area (Å²) in [4.78, 5) is 0. The molecule has 390 valence electrons. The third kappa shape index (κ3) is 13.9. The van der Waals surface area contributed by atoms with Crippen molar-refractivity contribution in [2.75, 3.05) is 0 Å². The molecule has 0 heterocycles. The van der Waals surface area contributed by atoms with Crippen LogP contribution in [0, 0.1) is 34.6 Å². The van der Waals surface area contributed by atoms with Crippen LogP contribution in [-0.2, 0) is 64.2 Å². The lowest BCUT2D eigenvalue weighted by atomic mass is 9.93. The van der Waals surface area contributed by atoms with Gasteiger partial charge >= 0.3 is 0 Å². The topological polar surface area (TPSA) is 0 Å². The van der Waals surface area contributed by atoms with E-state index in [1.54, 1.807) is 0 Å². The van der Waals surface area contributed by atoms with E-state index < -0.39 is 0 Å². The maximum Gasteiger partial charge on any atom is -0.0120 e. The van der Waals surface area contributed by atoms with E-state index in [-0.39, 0.29) is 0 Å². The summed E-state index contributed by atoms with van der Waals surface area (Å²) >= 11 is 0. The molecule has 0 amide bonds. The molecule has 0 radical (unpaired) electrons. The van der Waals surface area contributed by atoms with E-state index >= 15 is 0 Å². The molecule has 0 aliphatic carbocycles. The van der Waals surface area contributed by atoms with Crippen LogP contribution in [0.15, 0.2) is 152 Å². The van der Waals surface area contributed by atoms with Gasteiger partial charge in [0, 0.05) is 0 Å². The average Bonchev–Trinajstić information content (AvgIpc) is 3.44. The Balaban J connectivity index is 0.000000152. The summed E-state index contributed by atoms with van der Waals surface area (Å²) in [6.45, 7) is 33.2. The molecule has 0 saturated carbocycles. The summed E-state index contributed by atoms with van der Waals surface area (Å²) in [7, 11) is 0. The Kier molecular flexibility index (Phi) is 21.5. The van der Waals surface area contributed by atoms with E-state index in [0.717, 1.165) is 64.2 Å². The van der Waals surface area contributed by atoms with Gasteiger partial charge in [0.15, 0.2) is 0 Å². The molecule has 0 unspecified atom stereocenters. The monoisotopic (exact) mass is 991 g/mol. The molecule has 0 bridgehead atoms. The van der Waals surface area contributed by atoms with Crippen molar-refractivity contribution in [1.82, 2.24) is 0 Å². The molecule has 10 rings (SSSR count). The summed E-state index contributed by atoms with van der Waals surface area (Å²) in [5.41, 5.74) is 21.6. The minimum absolute atomic E-state index is 1.11. The normalized spacial score (nSPS) is 10.9. The lowest BCUT2D eigenvalue weighted by Gasteiger charge is -2.12. The molecule has 75 heavy (non-hydrogen) atoms. The van der Waals surface area contributed by atoms with Crippen molar-refractivity contribution < 1.29 is 0 Å². The van der Waals surface area contributed by atoms with Crippen LogP contribution in [0.1, 0.15) is 153 Å². The predicted molar refractivity (Wildman–Crippen MR) is 337 cm³/mol. The van der Waals surface area contributed by atoms with Crippen LogP contribution < -0.4 is 0 Å². The summed E-state index contributed by atoms with van der Waals surface area (Å²) in [5, 5.41) is 14.3. The van der Waals surface area contributed by atoms with Crippen molar-refractivity contribution in [3.8, 4) is 0 Å². The highest BCUT2D eigenvalue weighted by atomic mass is 14.1. The molecule has 0 heteroatoms. The van der Waals surface area contributed by atoms with E-state index in [4.69, 9.17) is 0 Å². The van der Waals surface area contributed by atoms with Crippen LogP contribution in [0.3, 0.4) is 0 Å². The third-order valence-corrected chi connectivity index (χ3v) is 15.7. The van der Waals surface area contributed by atoms with Crippen molar-refractivity contribution in [3.63, 3.8) is 0 Å². The van der Waals surface area contributed by atoms with Gasteiger partial charge in [0.25, 0.3) is 0 Å². The van der Waals surface area contributed by atoms with Gasteiger partial charge in [-0.1, -0.05) is 232 Å². The molecule has 0 N–H and O–H groups in total. The number of rotatable bonds is 10. The zero-order valence-corrected chi connectivity index (χ0v) is 49.0. The summed E-state index contributed by atoms with van der Waals surface area (Å²) in [6, 6.07) is 56.4. The van der Waals surface area contributed by atoms with Crippen LogP contribution >= 0.6 is 0 Å². The number of fused-ring (bicyclic) bond motifs is 5. The van der Waals surface area contributed by atoms with Gasteiger partial charge in [0.2, 0.25) is 0 Å². The Hall–Kier alpha value is -6.50. The average molecular weight is 992 g/mol. The highest BCUT2D eigenvalue weighted by Gasteiger charge is 2.09. The molecule has 0 atom stereocenters. The van der Waals surface area contributed by atoms with Gasteiger partial charge < -0.3 is 0 Å². The fraction of sp³-hybridized carbons (Fsp3) is 0.333. The maximum atomic E-state index is 2.35. The fourth-order valence-corrected chi connectivity index (χ4v) is 11.4. The molecule has 0 aliphatic rings. The Morgan fingerprint density at radius 3 is 1.32 bits per heavy atom. The molecule has 0 aliphatic heterocycles. The van der Waals surface area contributed by atoms with Crippen LogP contribution in [0.4, 0.5) is 0 Å². The first-order valence-electron chi connectivity index (χ1n) is 28.9. The van der Waals surface area contributed by atoms with E-state index in [1.807, 2.05) is 0 Å². The SMILES string of the molecule is CCc1cc(C)c(CC)c2ccccc12.CCc1cc(C)cc2c(CC)cccc12.CCc1ccc(C)c2c(CC)cccc12.CCc1ccc(CC)c2cc(C)ccc12.CCc1ccc2c(C)cc(CC)cc2c1. The molecule has 0 saturated heterocycles. The van der Waals surface area contributed by atoms with Crippen LogP contribution in [0.25, 0.3) is 53.9 Å². The second-order valence-corrected chi connectivity index (χ2v) is 20.6. The first-order chi connectivity index (χ1) is 36.3. The van der Waals surface area contributed by atoms with Crippen LogP contribution in [0.2, 0.25) is 0 Å². The predicted octanol–water partition coefficient (Wildman–Crippen LogP) is 21.4. The smallest absolute Gasteiger partial charge is 0.0120 e. The number of hydrogen-bond acceptors (Lipinski definition) is 0. The minimum atomic E-state index is 1.11. The van der Waals surface area contributed by atoms with Gasteiger partial charge in [-0.15, -0.1) is 0 Å². The standard InChI is InChI=1S/5C15H18/c1-4-12-7-8-13(5-2)15-10-11(3)6-9-14(12)15;1-4-12-6-7-15-11(3)8-13(5-2)10-14(15)9-12;1-4-12-7-6-8-14-13(5-2)9-11(3)10-15(12)14;1-4-12-10-9-11(3)15-13(5-2)7-6-8-14(12)15;1-4-12-10-11(3)13(5-2)15-9-7-6-8-14(12)15/h5*6-10H,4-5H2,1-3H3. The first kappa shape index (κ1) is 57.8. The van der Waals surface area contributed by atoms with E-state index in [9.17, 15) is 0 Å². The number of benzene rings is 10. The third-order valence-electron chi connectivity index (χ3n) is 15.7. The maximum absolute atomic E-state index is 2.35. The fourth-order valence-electron chi connectivity index (χ4n) is 11.4. The summed E-state index contributed by atoms with van der Waals surface area (Å²) in [6.07, 6.45) is 11.2. The highest BCUT2D eigenvalue weighted by Crippen LogP contribution is 2.30. The minimum Gasteiger partial charge on any atom is -0.0616 e. The number of aryl methyl sites for hydroxylation is 15. The van der Waals surface area contributed by atoms with Gasteiger partial charge in [-0.25, -0.2) is 0 Å². The van der Waals surface area contributed by atoms with Crippen molar-refractivity contribution in [2.24, 2.45) is 0 Å². The van der Waals surface area contributed by atoms with Gasteiger partial charge in [0.05, 0.1) is 0 Å². The number of hydrogen-bond donors (Lipinski definition) is 0. The van der Waals surface area contributed by atoms with Crippen molar-refractivity contribution in [2.45, 2.75) is 168 Å². The van der Waals surface area contributed by atoms with E-state index in [0.29, 0.717) is 0 Å². The van der Waals surface area contributed by atoms with Gasteiger partial charge in [-0.05, 0) is 225 Å². The molecule has 10 aromatic rings. The molecule has 0 nitrogen and oxygen atoms in total. The largest absolute Gasteiger partial charge is 0.0616 e. The molecule has 10 aromatic carbocycles. The summed E-state index contributed by atoms with van der Waals surface area (Å²) < 4.78 is 0. The zero-order chi connectivity index (χ0) is 54.2. The molecular weight excluding hydrogens is 901 g/mol. The van der Waals surface area contributed by atoms with Crippen molar-refractivity contribution in [1.29, 1.82) is 0 Å². The van der Waals surface area contributed by atoms with Crippen molar-refractivity contribution >= 4 is 53.9 Å². The second-order valence-electron chi connectivity index (χ2n) is 20.6.